The third-order valence-corrected chi connectivity index (χ3v) is 4.56. The molecule has 1 aliphatic heterocycles. The molecule has 0 bridgehead atoms. The fourth-order valence-electron chi connectivity index (χ4n) is 2.96. The number of alkyl halides is 3. The molecule has 0 atom stereocenters. The number of hydrogen-bond acceptors (Lipinski definition) is 8. The molecule has 3 aromatic rings. The van der Waals surface area contributed by atoms with E-state index in [9.17, 15) is 13.2 Å². The van der Waals surface area contributed by atoms with E-state index in [2.05, 4.69) is 25.6 Å². The molecule has 0 aromatic carbocycles. The Morgan fingerprint density at radius 3 is 2.68 bits per heavy atom. The van der Waals surface area contributed by atoms with Crippen LogP contribution < -0.4 is 5.32 Å². The van der Waals surface area contributed by atoms with Gasteiger partial charge in [-0.15, -0.1) is 0 Å². The highest BCUT2D eigenvalue weighted by Crippen LogP contribution is 2.28. The molecule has 1 aliphatic rings. The Morgan fingerprint density at radius 2 is 2.03 bits per heavy atom. The molecule has 4 heterocycles. The highest BCUT2D eigenvalue weighted by molar-refractivity contribution is 6.29. The van der Waals surface area contributed by atoms with Gasteiger partial charge in [0.15, 0.2) is 5.15 Å². The van der Waals surface area contributed by atoms with Crippen LogP contribution in [0.1, 0.15) is 28.5 Å². The Morgan fingerprint density at radius 1 is 1.29 bits per heavy atom. The van der Waals surface area contributed by atoms with Crippen molar-refractivity contribution >= 4 is 17.6 Å². The van der Waals surface area contributed by atoms with Crippen LogP contribution in [0.4, 0.5) is 13.2 Å². The minimum Gasteiger partial charge on any atom is -0.475 e. The van der Waals surface area contributed by atoms with E-state index in [4.69, 9.17) is 30.5 Å². The Balaban J connectivity index is 0.000000339. The maximum Gasteiger partial charge on any atom is 0.490 e. The van der Waals surface area contributed by atoms with Gasteiger partial charge in [-0.25, -0.2) is 4.79 Å². The largest absolute Gasteiger partial charge is 0.490 e. The number of hydrogen-bond donors (Lipinski definition) is 2. The second-order valence-corrected chi connectivity index (χ2v) is 6.97. The summed E-state index contributed by atoms with van der Waals surface area (Å²) < 4.78 is 42.2. The van der Waals surface area contributed by atoms with E-state index in [1.807, 2.05) is 13.1 Å². The van der Waals surface area contributed by atoms with Crippen LogP contribution in [0, 0.1) is 6.92 Å². The van der Waals surface area contributed by atoms with E-state index in [0.29, 0.717) is 35.5 Å². The van der Waals surface area contributed by atoms with E-state index in [0.717, 1.165) is 30.8 Å². The van der Waals surface area contributed by atoms with Crippen LogP contribution in [0.5, 0.6) is 0 Å². The monoisotopic (exact) mass is 459 g/mol. The maximum absolute atomic E-state index is 10.6. The molecule has 0 radical (unpaired) electrons. The SMILES string of the molecule is Cc1ncc2c(c1-c1noc(CCc3cc(Cl)no3)n1)CCNC2.O=C(O)C(F)(F)F. The molecule has 31 heavy (non-hydrogen) atoms. The fraction of sp³-hybridized carbons (Fsp3) is 0.389. The van der Waals surface area contributed by atoms with Crippen molar-refractivity contribution in [3.05, 3.63) is 45.9 Å². The summed E-state index contributed by atoms with van der Waals surface area (Å²) in [6.45, 7) is 3.75. The van der Waals surface area contributed by atoms with Crippen LogP contribution in [-0.4, -0.2) is 44.1 Å². The number of aryl methyl sites for hydroxylation is 3. The predicted molar refractivity (Wildman–Crippen MR) is 100 cm³/mol. The topological polar surface area (TPSA) is 127 Å². The van der Waals surface area contributed by atoms with Crippen molar-refractivity contribution in [2.45, 2.75) is 38.9 Å². The number of carboxylic acid groups (broad SMARTS) is 1. The molecule has 0 fully saturated rings. The predicted octanol–water partition coefficient (Wildman–Crippen LogP) is 3.15. The highest BCUT2D eigenvalue weighted by atomic mass is 35.5. The average Bonchev–Trinajstić information content (AvgIpc) is 3.35. The number of nitrogens with one attached hydrogen (secondary N) is 1. The second-order valence-electron chi connectivity index (χ2n) is 6.58. The Kier molecular flexibility index (Phi) is 6.91. The number of aliphatic carboxylic acids is 1. The summed E-state index contributed by atoms with van der Waals surface area (Å²) >= 11 is 5.74. The van der Waals surface area contributed by atoms with E-state index < -0.39 is 12.1 Å². The molecule has 0 saturated carbocycles. The van der Waals surface area contributed by atoms with Crippen LogP contribution in [0.25, 0.3) is 11.4 Å². The van der Waals surface area contributed by atoms with Gasteiger partial charge in [-0.05, 0) is 31.0 Å². The molecule has 0 saturated heterocycles. The molecule has 0 unspecified atom stereocenters. The Bertz CT molecular complexity index is 1070. The third-order valence-electron chi connectivity index (χ3n) is 4.38. The number of fused-ring (bicyclic) bond motifs is 1. The van der Waals surface area contributed by atoms with E-state index in [1.165, 1.54) is 11.1 Å². The van der Waals surface area contributed by atoms with Crippen molar-refractivity contribution in [3.8, 4) is 11.4 Å². The van der Waals surface area contributed by atoms with E-state index in [-0.39, 0.29) is 0 Å². The normalized spacial score (nSPS) is 13.3. The van der Waals surface area contributed by atoms with Gasteiger partial charge in [0.2, 0.25) is 11.7 Å². The zero-order valence-corrected chi connectivity index (χ0v) is 16.9. The zero-order chi connectivity index (χ0) is 22.6. The van der Waals surface area contributed by atoms with Crippen LogP contribution in [0.15, 0.2) is 21.3 Å². The van der Waals surface area contributed by atoms with Gasteiger partial charge in [-0.1, -0.05) is 21.9 Å². The number of halogens is 4. The van der Waals surface area contributed by atoms with Crippen LogP contribution in [0.3, 0.4) is 0 Å². The number of pyridine rings is 1. The minimum absolute atomic E-state index is 0.349. The number of nitrogens with zero attached hydrogens (tertiary/aromatic N) is 4. The highest BCUT2D eigenvalue weighted by Gasteiger charge is 2.38. The van der Waals surface area contributed by atoms with Crippen molar-refractivity contribution < 1.29 is 32.1 Å². The summed E-state index contributed by atoms with van der Waals surface area (Å²) in [5.41, 5.74) is 4.37. The minimum atomic E-state index is -5.08. The molecule has 2 N–H and O–H groups in total. The van der Waals surface area contributed by atoms with Crippen LogP contribution in [-0.2, 0) is 30.6 Å². The summed E-state index contributed by atoms with van der Waals surface area (Å²) in [6, 6.07) is 1.69. The first-order chi connectivity index (χ1) is 14.6. The number of rotatable bonds is 4. The zero-order valence-electron chi connectivity index (χ0n) is 16.2. The summed E-state index contributed by atoms with van der Waals surface area (Å²) in [6.07, 6.45) is -1.04. The Labute approximate surface area is 178 Å². The second kappa shape index (κ2) is 9.43. The molecule has 0 spiro atoms. The number of aromatic nitrogens is 4. The third kappa shape index (κ3) is 5.79. The molecule has 9 nitrogen and oxygen atoms in total. The lowest BCUT2D eigenvalue weighted by atomic mass is 9.95. The van der Waals surface area contributed by atoms with Crippen molar-refractivity contribution in [3.63, 3.8) is 0 Å². The van der Waals surface area contributed by atoms with Crippen LogP contribution in [0.2, 0.25) is 5.15 Å². The first-order valence-electron chi connectivity index (χ1n) is 9.07. The molecule has 0 amide bonds. The Hall–Kier alpha value is -2.99. The van der Waals surface area contributed by atoms with Crippen molar-refractivity contribution in [1.29, 1.82) is 0 Å². The molecule has 3 aromatic heterocycles. The lowest BCUT2D eigenvalue weighted by Gasteiger charge is -2.19. The van der Waals surface area contributed by atoms with Gasteiger partial charge in [0.05, 0.1) is 0 Å². The van der Waals surface area contributed by atoms with E-state index in [1.54, 1.807) is 6.07 Å². The lowest BCUT2D eigenvalue weighted by Crippen LogP contribution is -2.24. The van der Waals surface area contributed by atoms with Crippen molar-refractivity contribution in [2.75, 3.05) is 6.54 Å². The summed E-state index contributed by atoms with van der Waals surface area (Å²) in [5, 5.41) is 18.6. The van der Waals surface area contributed by atoms with Gasteiger partial charge < -0.3 is 19.5 Å². The first-order valence-corrected chi connectivity index (χ1v) is 9.45. The van der Waals surface area contributed by atoms with Gasteiger partial charge in [0.1, 0.15) is 5.76 Å². The smallest absolute Gasteiger partial charge is 0.475 e. The van der Waals surface area contributed by atoms with Crippen molar-refractivity contribution in [2.24, 2.45) is 0 Å². The first kappa shape index (κ1) is 22.7. The average molecular weight is 460 g/mol. The molecular formula is C18H17ClF3N5O4. The molecular weight excluding hydrogens is 443 g/mol. The summed E-state index contributed by atoms with van der Waals surface area (Å²) in [7, 11) is 0. The standard InChI is InChI=1S/C16H16ClN5O2.C2HF3O2/c1-9-15(12-4-5-18-7-10(12)8-19-9)16-20-14(24-22-16)3-2-11-6-13(17)21-23-11;3-2(4,5)1(6)7/h6,8,18H,2-5,7H2,1H3;(H,6,7). The van der Waals surface area contributed by atoms with Gasteiger partial charge in [-0.3, -0.25) is 4.98 Å². The summed E-state index contributed by atoms with van der Waals surface area (Å²) in [4.78, 5) is 17.9. The fourth-order valence-corrected chi connectivity index (χ4v) is 3.12. The maximum atomic E-state index is 10.6. The molecule has 4 rings (SSSR count). The van der Waals surface area contributed by atoms with Gasteiger partial charge in [0, 0.05) is 42.9 Å². The number of carboxylic acids is 1. The van der Waals surface area contributed by atoms with Gasteiger partial charge in [0.25, 0.3) is 0 Å². The van der Waals surface area contributed by atoms with Gasteiger partial charge in [-0.2, -0.15) is 18.2 Å². The number of carbonyl (C=O) groups is 1. The lowest BCUT2D eigenvalue weighted by molar-refractivity contribution is -0.192. The molecule has 0 aliphatic carbocycles. The molecule has 13 heteroatoms. The summed E-state index contributed by atoms with van der Waals surface area (Å²) in [5.74, 6) is -0.902. The quantitative estimate of drug-likeness (QED) is 0.604. The molecule has 166 valence electrons. The van der Waals surface area contributed by atoms with Crippen LogP contribution >= 0.6 is 11.6 Å². The van der Waals surface area contributed by atoms with Gasteiger partial charge >= 0.3 is 12.1 Å². The van der Waals surface area contributed by atoms with E-state index >= 15 is 0 Å². The van der Waals surface area contributed by atoms with Crippen molar-refractivity contribution in [1.82, 2.24) is 25.6 Å².